The number of amides is 1. The average molecular weight is 366 g/mol. The van der Waals surface area contributed by atoms with Gasteiger partial charge in [-0.15, -0.1) is 0 Å². The highest BCUT2D eigenvalue weighted by molar-refractivity contribution is 6.32. The number of nitrogens with zero attached hydrogens (tertiary/aromatic N) is 2. The molecule has 6 heteroatoms. The molecule has 0 saturated heterocycles. The van der Waals surface area contributed by atoms with Crippen LogP contribution in [0.3, 0.4) is 0 Å². The molecule has 1 N–H and O–H groups in total. The molecule has 130 valence electrons. The molecule has 0 aliphatic rings. The van der Waals surface area contributed by atoms with Crippen molar-refractivity contribution in [2.24, 2.45) is 0 Å². The van der Waals surface area contributed by atoms with Gasteiger partial charge in [0.2, 0.25) is 0 Å². The summed E-state index contributed by atoms with van der Waals surface area (Å²) in [5.41, 5.74) is 3.18. The first-order valence-corrected chi connectivity index (χ1v) is 8.12. The molecule has 0 aliphatic heterocycles. The Morgan fingerprint density at radius 3 is 2.62 bits per heavy atom. The number of hydrogen-bond donors (Lipinski definition) is 1. The highest BCUT2D eigenvalue weighted by Crippen LogP contribution is 2.26. The summed E-state index contributed by atoms with van der Waals surface area (Å²) < 4.78 is 5.16. The first kappa shape index (κ1) is 19.1. The number of halogens is 1. The largest absolute Gasteiger partial charge is 0.477 e. The van der Waals surface area contributed by atoms with Crippen molar-refractivity contribution in [3.05, 3.63) is 63.7 Å². The molecule has 0 spiro atoms. The smallest absolute Gasteiger partial charge is 0.266 e. The molecule has 0 fully saturated rings. The van der Waals surface area contributed by atoms with Crippen LogP contribution in [0.4, 0.5) is 5.69 Å². The van der Waals surface area contributed by atoms with Crippen molar-refractivity contribution in [2.75, 3.05) is 11.9 Å². The second-order valence-electron chi connectivity index (χ2n) is 5.58. The molecule has 2 aromatic carbocycles. The number of carbonyl (C=O) groups excluding carboxylic acids is 1. The fourth-order valence-corrected chi connectivity index (χ4v) is 2.54. The quantitative estimate of drug-likeness (QED) is 0.628. The summed E-state index contributed by atoms with van der Waals surface area (Å²) in [6, 6.07) is 14.2. The molecule has 0 radical (unpaired) electrons. The molecule has 2 aromatic rings. The van der Waals surface area contributed by atoms with E-state index in [2.05, 4.69) is 5.32 Å². The number of nitrogens with one attached hydrogen (secondary N) is 1. The molecule has 5 nitrogen and oxygen atoms in total. The third-order valence-corrected chi connectivity index (χ3v) is 3.85. The number of anilines is 1. The van der Waals surface area contributed by atoms with Crippen LogP contribution in [0, 0.1) is 36.5 Å². The van der Waals surface area contributed by atoms with E-state index >= 15 is 0 Å². The van der Waals surface area contributed by atoms with Crippen molar-refractivity contribution >= 4 is 29.3 Å². The van der Waals surface area contributed by atoms with Gasteiger partial charge < -0.3 is 10.1 Å². The van der Waals surface area contributed by atoms with Crippen molar-refractivity contribution in [3.63, 3.8) is 0 Å². The van der Waals surface area contributed by atoms with E-state index in [4.69, 9.17) is 21.6 Å². The predicted octanol–water partition coefficient (Wildman–Crippen LogP) is 4.40. The van der Waals surface area contributed by atoms with Crippen molar-refractivity contribution < 1.29 is 9.53 Å². The molecule has 0 unspecified atom stereocenters. The minimum absolute atomic E-state index is 0.0493. The fraction of sp³-hybridized carbons (Fsp3) is 0.150. The molecule has 0 saturated carbocycles. The van der Waals surface area contributed by atoms with E-state index < -0.39 is 5.91 Å². The maximum Gasteiger partial charge on any atom is 0.266 e. The lowest BCUT2D eigenvalue weighted by Crippen LogP contribution is -2.14. The summed E-state index contributed by atoms with van der Waals surface area (Å²) in [7, 11) is 0. The van der Waals surface area contributed by atoms with Gasteiger partial charge in [-0.2, -0.15) is 10.5 Å². The Kier molecular flexibility index (Phi) is 6.38. The number of benzene rings is 2. The van der Waals surface area contributed by atoms with Gasteiger partial charge in [-0.05, 0) is 49.2 Å². The van der Waals surface area contributed by atoms with Gasteiger partial charge in [-0.1, -0.05) is 35.4 Å². The van der Waals surface area contributed by atoms with Crippen LogP contribution in [0.25, 0.3) is 6.08 Å². The van der Waals surface area contributed by atoms with Crippen molar-refractivity contribution in [1.29, 1.82) is 10.5 Å². The van der Waals surface area contributed by atoms with Crippen LogP contribution in [0.5, 0.6) is 5.75 Å². The molecule has 0 aliphatic carbocycles. The Morgan fingerprint density at radius 1 is 1.23 bits per heavy atom. The van der Waals surface area contributed by atoms with Crippen LogP contribution in [0.1, 0.15) is 16.7 Å². The van der Waals surface area contributed by atoms with Gasteiger partial charge in [-0.25, -0.2) is 0 Å². The molecule has 0 aromatic heterocycles. The first-order valence-electron chi connectivity index (χ1n) is 7.74. The van der Waals surface area contributed by atoms with E-state index in [1.54, 1.807) is 24.3 Å². The zero-order valence-corrected chi connectivity index (χ0v) is 15.1. The van der Waals surface area contributed by atoms with Gasteiger partial charge in [0.25, 0.3) is 5.91 Å². The van der Waals surface area contributed by atoms with E-state index in [1.165, 1.54) is 6.08 Å². The predicted molar refractivity (Wildman–Crippen MR) is 101 cm³/mol. The fourth-order valence-electron chi connectivity index (χ4n) is 2.29. The van der Waals surface area contributed by atoms with Crippen molar-refractivity contribution in [2.45, 2.75) is 13.8 Å². The lowest BCUT2D eigenvalue weighted by atomic mass is 10.1. The second-order valence-corrected chi connectivity index (χ2v) is 5.99. The van der Waals surface area contributed by atoms with E-state index in [9.17, 15) is 10.1 Å². The van der Waals surface area contributed by atoms with Crippen LogP contribution >= 0.6 is 11.6 Å². The minimum atomic E-state index is -0.500. The summed E-state index contributed by atoms with van der Waals surface area (Å²) in [6.45, 7) is 3.74. The zero-order chi connectivity index (χ0) is 19.1. The van der Waals surface area contributed by atoms with Gasteiger partial charge in [0.05, 0.1) is 5.02 Å². The maximum atomic E-state index is 12.4. The number of ether oxygens (including phenoxy) is 1. The minimum Gasteiger partial charge on any atom is -0.477 e. The Balaban J connectivity index is 2.21. The zero-order valence-electron chi connectivity index (χ0n) is 14.3. The average Bonchev–Trinajstić information content (AvgIpc) is 2.61. The summed E-state index contributed by atoms with van der Waals surface area (Å²) in [6.07, 6.45) is 1.44. The summed E-state index contributed by atoms with van der Waals surface area (Å²) in [4.78, 5) is 12.4. The van der Waals surface area contributed by atoms with Gasteiger partial charge in [0.1, 0.15) is 23.5 Å². The van der Waals surface area contributed by atoms with Gasteiger partial charge in [0, 0.05) is 5.69 Å². The summed E-state index contributed by atoms with van der Waals surface area (Å²) in [5.74, 6) is -0.135. The lowest BCUT2D eigenvalue weighted by molar-refractivity contribution is -0.112. The molecule has 26 heavy (non-hydrogen) atoms. The van der Waals surface area contributed by atoms with E-state index in [0.29, 0.717) is 22.0 Å². The van der Waals surface area contributed by atoms with Crippen LogP contribution < -0.4 is 10.1 Å². The van der Waals surface area contributed by atoms with E-state index in [-0.39, 0.29) is 12.2 Å². The normalized spacial score (nSPS) is 10.6. The highest BCUT2D eigenvalue weighted by atomic mass is 35.5. The van der Waals surface area contributed by atoms with Crippen molar-refractivity contribution in [3.8, 4) is 17.9 Å². The Bertz CT molecular complexity index is 953. The van der Waals surface area contributed by atoms with Gasteiger partial charge in [-0.3, -0.25) is 4.79 Å². The van der Waals surface area contributed by atoms with Gasteiger partial charge >= 0.3 is 0 Å². The van der Waals surface area contributed by atoms with E-state index in [1.807, 2.05) is 38.1 Å². The van der Waals surface area contributed by atoms with E-state index in [0.717, 1.165) is 11.1 Å². The molecule has 0 bridgehead atoms. The van der Waals surface area contributed by atoms with Crippen LogP contribution in [-0.4, -0.2) is 12.5 Å². The Hall–Kier alpha value is -3.28. The number of nitriles is 2. The SMILES string of the molecule is Cc1ccc(NC(=O)/C(C#N)=C/c2ccc(OCC#N)c(Cl)c2)c(C)c1. The summed E-state index contributed by atoms with van der Waals surface area (Å²) in [5, 5.41) is 20.9. The summed E-state index contributed by atoms with van der Waals surface area (Å²) >= 11 is 6.09. The standard InChI is InChI=1S/C20H16ClN3O2/c1-13-3-5-18(14(2)9-13)24-20(25)16(12-23)10-15-4-6-19(17(21)11-15)26-8-7-22/h3-6,9-11H,8H2,1-2H3,(H,24,25)/b16-10+. The van der Waals surface area contributed by atoms with Crippen LogP contribution in [0.2, 0.25) is 5.02 Å². The number of hydrogen-bond acceptors (Lipinski definition) is 4. The van der Waals surface area contributed by atoms with Crippen LogP contribution in [-0.2, 0) is 4.79 Å². The molecule has 0 atom stereocenters. The number of rotatable bonds is 5. The molecule has 2 rings (SSSR count). The maximum absolute atomic E-state index is 12.4. The number of carbonyl (C=O) groups is 1. The monoisotopic (exact) mass is 365 g/mol. The Morgan fingerprint density at radius 2 is 2.00 bits per heavy atom. The second kappa shape index (κ2) is 8.71. The molecular weight excluding hydrogens is 350 g/mol. The van der Waals surface area contributed by atoms with Crippen molar-refractivity contribution in [1.82, 2.24) is 0 Å². The van der Waals surface area contributed by atoms with Gasteiger partial charge in [0.15, 0.2) is 6.61 Å². The molecular formula is C20H16ClN3O2. The topological polar surface area (TPSA) is 85.9 Å². The Labute approximate surface area is 157 Å². The highest BCUT2D eigenvalue weighted by Gasteiger charge is 2.11. The van der Waals surface area contributed by atoms with Crippen LogP contribution in [0.15, 0.2) is 42.0 Å². The third kappa shape index (κ3) is 4.86. The number of aryl methyl sites for hydroxylation is 2. The third-order valence-electron chi connectivity index (χ3n) is 3.55. The molecule has 0 heterocycles. The lowest BCUT2D eigenvalue weighted by Gasteiger charge is -2.09. The first-order chi connectivity index (χ1) is 12.4. The molecule has 1 amide bonds.